The van der Waals surface area contributed by atoms with Gasteiger partial charge in [0.2, 0.25) is 10.0 Å². The summed E-state index contributed by atoms with van der Waals surface area (Å²) in [6.45, 7) is 2.23. The van der Waals surface area contributed by atoms with E-state index in [1.165, 1.54) is 16.8 Å². The molecule has 0 atom stereocenters. The van der Waals surface area contributed by atoms with Crippen LogP contribution in [-0.4, -0.2) is 30.9 Å². The first kappa shape index (κ1) is 22.6. The zero-order valence-corrected chi connectivity index (χ0v) is 19.2. The van der Waals surface area contributed by atoms with E-state index >= 15 is 0 Å². The lowest BCUT2D eigenvalue weighted by Gasteiger charge is -2.11. The van der Waals surface area contributed by atoms with Crippen LogP contribution in [0.2, 0.25) is 0 Å². The van der Waals surface area contributed by atoms with Gasteiger partial charge in [0.15, 0.2) is 0 Å². The zero-order valence-electron chi connectivity index (χ0n) is 18.4. The molecule has 8 heteroatoms. The Balaban J connectivity index is 1.51. The Labute approximate surface area is 192 Å². The maximum Gasteiger partial charge on any atom is 0.279 e. The van der Waals surface area contributed by atoms with E-state index in [1.54, 1.807) is 16.8 Å². The van der Waals surface area contributed by atoms with E-state index in [1.807, 2.05) is 74.6 Å². The molecule has 1 aromatic heterocycles. The fourth-order valence-electron chi connectivity index (χ4n) is 3.65. The number of hydrogen-bond donors (Lipinski definition) is 1. The van der Waals surface area contributed by atoms with Gasteiger partial charge in [-0.1, -0.05) is 48.5 Å². The molecule has 3 aromatic carbocycles. The normalized spacial score (nSPS) is 11.5. The summed E-state index contributed by atoms with van der Waals surface area (Å²) in [5.74, 6) is 0.680. The molecular weight excluding hydrogens is 438 g/mol. The van der Waals surface area contributed by atoms with Crippen LogP contribution < -0.4 is 15.0 Å². The predicted molar refractivity (Wildman–Crippen MR) is 128 cm³/mol. The first-order chi connectivity index (χ1) is 15.9. The Morgan fingerprint density at radius 1 is 0.879 bits per heavy atom. The topological polar surface area (TPSA) is 82.3 Å². The van der Waals surface area contributed by atoms with E-state index in [4.69, 9.17) is 4.74 Å². The van der Waals surface area contributed by atoms with Crippen LogP contribution in [-0.2, 0) is 17.1 Å². The number of nitrogens with one attached hydrogen (secondary N) is 1. The molecule has 0 unspecified atom stereocenters. The molecule has 0 amide bonds. The molecule has 33 heavy (non-hydrogen) atoms. The molecule has 0 saturated carbocycles. The van der Waals surface area contributed by atoms with Crippen molar-refractivity contribution in [2.45, 2.75) is 11.8 Å². The molecule has 0 spiro atoms. The number of rotatable bonds is 8. The lowest BCUT2D eigenvalue weighted by Crippen LogP contribution is -2.28. The van der Waals surface area contributed by atoms with E-state index < -0.39 is 10.0 Å². The fraction of sp³-hybridized carbons (Fsp3) is 0.160. The average Bonchev–Trinajstić information content (AvgIpc) is 3.06. The van der Waals surface area contributed by atoms with E-state index in [9.17, 15) is 13.2 Å². The molecule has 7 nitrogen and oxygen atoms in total. The van der Waals surface area contributed by atoms with Gasteiger partial charge in [-0.2, -0.15) is 0 Å². The monoisotopic (exact) mass is 463 g/mol. The number of aromatic nitrogens is 2. The van der Waals surface area contributed by atoms with Crippen LogP contribution in [0.15, 0.2) is 94.6 Å². The minimum Gasteiger partial charge on any atom is -0.492 e. The third-order valence-corrected chi connectivity index (χ3v) is 6.89. The molecule has 0 aliphatic rings. The van der Waals surface area contributed by atoms with Gasteiger partial charge in [-0.05, 0) is 48.9 Å². The van der Waals surface area contributed by atoms with Gasteiger partial charge in [0.05, 0.1) is 16.1 Å². The van der Waals surface area contributed by atoms with Crippen molar-refractivity contribution in [3.63, 3.8) is 0 Å². The largest absolute Gasteiger partial charge is 0.492 e. The van der Waals surface area contributed by atoms with E-state index in [0.29, 0.717) is 17.0 Å². The quantitative estimate of drug-likeness (QED) is 0.406. The summed E-state index contributed by atoms with van der Waals surface area (Å²) in [5, 5.41) is 0. The number of nitrogens with zero attached hydrogens (tertiary/aromatic N) is 2. The molecule has 1 heterocycles. The van der Waals surface area contributed by atoms with Gasteiger partial charge in [-0.25, -0.2) is 17.8 Å². The highest BCUT2D eigenvalue weighted by Gasteiger charge is 2.19. The molecule has 170 valence electrons. The Kier molecular flexibility index (Phi) is 6.48. The van der Waals surface area contributed by atoms with Crippen molar-refractivity contribution < 1.29 is 13.2 Å². The van der Waals surface area contributed by atoms with Crippen LogP contribution in [0.4, 0.5) is 0 Å². The standard InChI is InChI=1S/C25H25N3O4S/c1-19-24(20-9-5-3-6-10-20)25(29)28(27(19)2)21-13-15-23(16-14-21)33(30,31)26-17-18-32-22-11-7-4-8-12-22/h3-16,26H,17-18H2,1-2H3. The van der Waals surface area contributed by atoms with E-state index in [2.05, 4.69) is 4.72 Å². The Morgan fingerprint density at radius 3 is 2.12 bits per heavy atom. The third kappa shape index (κ3) is 4.76. The Hall–Kier alpha value is -3.62. The van der Waals surface area contributed by atoms with Crippen LogP contribution in [0, 0.1) is 6.92 Å². The van der Waals surface area contributed by atoms with Gasteiger partial charge in [0, 0.05) is 19.3 Å². The van der Waals surface area contributed by atoms with Crippen LogP contribution in [0.25, 0.3) is 16.8 Å². The van der Waals surface area contributed by atoms with Crippen molar-refractivity contribution in [3.8, 4) is 22.6 Å². The SMILES string of the molecule is Cc1c(-c2ccccc2)c(=O)n(-c2ccc(S(=O)(=O)NCCOc3ccccc3)cc2)n1C. The van der Waals surface area contributed by atoms with Crippen molar-refractivity contribution in [1.82, 2.24) is 14.1 Å². The molecule has 4 aromatic rings. The molecule has 0 radical (unpaired) electrons. The highest BCUT2D eigenvalue weighted by Crippen LogP contribution is 2.22. The summed E-state index contributed by atoms with van der Waals surface area (Å²) in [7, 11) is -1.90. The lowest BCUT2D eigenvalue weighted by molar-refractivity contribution is 0.323. The minimum atomic E-state index is -3.70. The van der Waals surface area contributed by atoms with Gasteiger partial charge in [-0.15, -0.1) is 0 Å². The number of hydrogen-bond acceptors (Lipinski definition) is 4. The summed E-state index contributed by atoms with van der Waals surface area (Å²) in [4.78, 5) is 13.3. The van der Waals surface area contributed by atoms with Crippen molar-refractivity contribution in [2.75, 3.05) is 13.2 Å². The zero-order chi connectivity index (χ0) is 23.4. The highest BCUT2D eigenvalue weighted by molar-refractivity contribution is 7.89. The van der Waals surface area contributed by atoms with Crippen LogP contribution in [0.3, 0.4) is 0 Å². The van der Waals surface area contributed by atoms with E-state index in [0.717, 1.165) is 11.3 Å². The first-order valence-corrected chi connectivity index (χ1v) is 12.0. The van der Waals surface area contributed by atoms with Gasteiger partial charge >= 0.3 is 0 Å². The number of sulfonamides is 1. The first-order valence-electron chi connectivity index (χ1n) is 10.5. The average molecular weight is 464 g/mol. The number of para-hydroxylation sites is 1. The van der Waals surface area contributed by atoms with Crippen molar-refractivity contribution in [3.05, 3.63) is 101 Å². The maximum atomic E-state index is 13.2. The van der Waals surface area contributed by atoms with Gasteiger partial charge in [0.25, 0.3) is 5.56 Å². The molecule has 0 saturated heterocycles. The molecule has 4 rings (SSSR count). The second-order valence-electron chi connectivity index (χ2n) is 7.52. The summed E-state index contributed by atoms with van der Waals surface area (Å²) in [6, 6.07) is 24.9. The molecule has 0 fully saturated rings. The van der Waals surface area contributed by atoms with Crippen LogP contribution >= 0.6 is 0 Å². The van der Waals surface area contributed by atoms with Crippen LogP contribution in [0.5, 0.6) is 5.75 Å². The molecule has 0 aliphatic heterocycles. The lowest BCUT2D eigenvalue weighted by atomic mass is 10.1. The van der Waals surface area contributed by atoms with Crippen LogP contribution in [0.1, 0.15) is 5.69 Å². The third-order valence-electron chi connectivity index (χ3n) is 5.41. The summed E-state index contributed by atoms with van der Waals surface area (Å²) < 4.78 is 36.6. The Morgan fingerprint density at radius 2 is 1.48 bits per heavy atom. The number of benzene rings is 3. The maximum absolute atomic E-state index is 13.2. The second-order valence-corrected chi connectivity index (χ2v) is 9.29. The minimum absolute atomic E-state index is 0.119. The van der Waals surface area contributed by atoms with Crippen molar-refractivity contribution >= 4 is 10.0 Å². The second kappa shape index (κ2) is 9.48. The van der Waals surface area contributed by atoms with Crippen molar-refractivity contribution in [1.29, 1.82) is 0 Å². The molecular formula is C25H25N3O4S. The number of ether oxygens (including phenoxy) is 1. The summed E-state index contributed by atoms with van der Waals surface area (Å²) in [5.41, 5.74) is 2.71. The summed E-state index contributed by atoms with van der Waals surface area (Å²) in [6.07, 6.45) is 0. The summed E-state index contributed by atoms with van der Waals surface area (Å²) >= 11 is 0. The molecule has 1 N–H and O–H groups in total. The molecule has 0 bridgehead atoms. The van der Waals surface area contributed by atoms with Gasteiger partial charge in [0.1, 0.15) is 12.4 Å². The van der Waals surface area contributed by atoms with Crippen molar-refractivity contribution in [2.24, 2.45) is 7.05 Å². The van der Waals surface area contributed by atoms with Gasteiger partial charge < -0.3 is 4.74 Å². The highest BCUT2D eigenvalue weighted by atomic mass is 32.2. The molecule has 0 aliphatic carbocycles. The predicted octanol–water partition coefficient (Wildman–Crippen LogP) is 3.51. The van der Waals surface area contributed by atoms with Gasteiger partial charge in [-0.3, -0.25) is 9.48 Å². The van der Waals surface area contributed by atoms with E-state index in [-0.39, 0.29) is 23.6 Å². The Bertz CT molecular complexity index is 1390. The fourth-order valence-corrected chi connectivity index (χ4v) is 4.66. The smallest absolute Gasteiger partial charge is 0.279 e.